The Labute approximate surface area is 153 Å². The van der Waals surface area contributed by atoms with Gasteiger partial charge in [-0.05, 0) is 47.5 Å². The Morgan fingerprint density at radius 3 is 2.44 bits per heavy atom. The zero-order chi connectivity index (χ0) is 17.4. The molecule has 0 bridgehead atoms. The lowest BCUT2D eigenvalue weighted by Crippen LogP contribution is -2.34. The monoisotopic (exact) mass is 368 g/mol. The van der Waals surface area contributed by atoms with E-state index in [0.29, 0.717) is 10.7 Å². The van der Waals surface area contributed by atoms with Crippen LogP contribution in [0.4, 0.5) is 16.2 Å². The van der Waals surface area contributed by atoms with Crippen molar-refractivity contribution in [2.24, 2.45) is 0 Å². The summed E-state index contributed by atoms with van der Waals surface area (Å²) in [5.41, 5.74) is 1.35. The highest BCUT2D eigenvalue weighted by Gasteiger charge is 2.41. The lowest BCUT2D eigenvalue weighted by Gasteiger charge is -2.17. The highest BCUT2D eigenvalue weighted by Crippen LogP contribution is 2.36. The molecule has 1 heterocycles. The fourth-order valence-electron chi connectivity index (χ4n) is 2.82. The van der Waals surface area contributed by atoms with Crippen molar-refractivity contribution in [3.8, 4) is 0 Å². The van der Waals surface area contributed by atoms with Crippen LogP contribution in [0.5, 0.6) is 0 Å². The number of nitrogens with one attached hydrogen (secondary N) is 1. The third kappa shape index (κ3) is 2.97. The van der Waals surface area contributed by atoms with Crippen molar-refractivity contribution >= 4 is 56.7 Å². The van der Waals surface area contributed by atoms with Crippen LogP contribution in [0.15, 0.2) is 66.7 Å². The molecule has 3 aromatic rings. The molecule has 1 aliphatic heterocycles. The van der Waals surface area contributed by atoms with E-state index in [-0.39, 0.29) is 11.1 Å². The number of halogens is 1. The van der Waals surface area contributed by atoms with E-state index < -0.39 is 5.37 Å². The first-order chi connectivity index (χ1) is 12.1. The summed E-state index contributed by atoms with van der Waals surface area (Å²) in [6.45, 7) is 0. The topological polar surface area (TPSA) is 49.4 Å². The molecule has 4 nitrogen and oxygen atoms in total. The van der Waals surface area contributed by atoms with E-state index in [4.69, 9.17) is 11.6 Å². The van der Waals surface area contributed by atoms with Crippen molar-refractivity contribution in [2.75, 3.05) is 10.2 Å². The lowest BCUT2D eigenvalue weighted by atomic mass is 10.1. The number of hydrogen-bond acceptors (Lipinski definition) is 4. The first-order valence-corrected chi connectivity index (χ1v) is 8.94. The molecule has 2 amide bonds. The quantitative estimate of drug-likeness (QED) is 0.696. The molecule has 1 atom stereocenters. The number of hydrogen-bond donors (Lipinski definition) is 1. The van der Waals surface area contributed by atoms with Gasteiger partial charge in [-0.2, -0.15) is 0 Å². The van der Waals surface area contributed by atoms with Gasteiger partial charge in [0, 0.05) is 16.1 Å². The van der Waals surface area contributed by atoms with E-state index in [1.54, 1.807) is 30.3 Å². The Kier molecular flexibility index (Phi) is 4.11. The summed E-state index contributed by atoms with van der Waals surface area (Å²) in [5.74, 6) is -0.277. The Morgan fingerprint density at radius 2 is 1.64 bits per heavy atom. The average molecular weight is 369 g/mol. The first kappa shape index (κ1) is 16.0. The Bertz CT molecular complexity index is 969. The maximum absolute atomic E-state index is 12.8. The summed E-state index contributed by atoms with van der Waals surface area (Å²) in [7, 11) is 0. The Hall–Kier alpha value is -2.50. The molecule has 1 unspecified atom stereocenters. The van der Waals surface area contributed by atoms with E-state index in [9.17, 15) is 9.59 Å². The third-order valence-electron chi connectivity index (χ3n) is 4.00. The summed E-state index contributed by atoms with van der Waals surface area (Å²) in [4.78, 5) is 26.6. The molecule has 0 aliphatic carbocycles. The van der Waals surface area contributed by atoms with Crippen molar-refractivity contribution in [2.45, 2.75) is 5.37 Å². The number of amides is 2. The molecule has 1 saturated heterocycles. The Balaban J connectivity index is 1.66. The van der Waals surface area contributed by atoms with Crippen LogP contribution >= 0.6 is 23.4 Å². The molecule has 3 aromatic carbocycles. The van der Waals surface area contributed by atoms with Crippen LogP contribution < -0.4 is 10.2 Å². The van der Waals surface area contributed by atoms with Crippen molar-refractivity contribution < 1.29 is 9.59 Å². The van der Waals surface area contributed by atoms with E-state index in [2.05, 4.69) is 5.32 Å². The van der Waals surface area contributed by atoms with Gasteiger partial charge >= 0.3 is 0 Å². The second-order valence-electron chi connectivity index (χ2n) is 5.59. The summed E-state index contributed by atoms with van der Waals surface area (Å²) >= 11 is 6.85. The fourth-order valence-corrected chi connectivity index (χ4v) is 3.84. The van der Waals surface area contributed by atoms with Gasteiger partial charge in [0.15, 0.2) is 5.37 Å². The van der Waals surface area contributed by atoms with Crippen molar-refractivity contribution in [1.29, 1.82) is 0 Å². The normalized spacial score (nSPS) is 17.3. The van der Waals surface area contributed by atoms with Crippen LogP contribution in [0.1, 0.15) is 0 Å². The summed E-state index contributed by atoms with van der Waals surface area (Å²) in [5, 5.41) is 4.62. The molecule has 4 rings (SSSR count). The van der Waals surface area contributed by atoms with Gasteiger partial charge in [-0.1, -0.05) is 48.0 Å². The number of carbonyl (C=O) groups is 2. The standard InChI is InChI=1S/C19H13ClN2O2S/c20-13-8-10-14(11-9-13)21-17-18(23)22(19(24)25-17)16-7-3-5-12-4-1-2-6-15(12)16/h1-11,17,21H. The highest BCUT2D eigenvalue weighted by atomic mass is 35.5. The minimum absolute atomic E-state index is 0.277. The van der Waals surface area contributed by atoms with Crippen LogP contribution in [-0.2, 0) is 4.79 Å². The molecule has 25 heavy (non-hydrogen) atoms. The number of benzene rings is 3. The number of nitrogens with zero attached hydrogens (tertiary/aromatic N) is 1. The number of imide groups is 1. The van der Waals surface area contributed by atoms with E-state index in [1.807, 2.05) is 36.4 Å². The summed E-state index contributed by atoms with van der Waals surface area (Å²) < 4.78 is 0. The maximum Gasteiger partial charge on any atom is 0.295 e. The van der Waals surface area contributed by atoms with Crippen molar-refractivity contribution in [3.63, 3.8) is 0 Å². The molecule has 6 heteroatoms. The number of anilines is 2. The van der Waals surface area contributed by atoms with E-state index >= 15 is 0 Å². The molecule has 1 fully saturated rings. The molecule has 1 N–H and O–H groups in total. The van der Waals surface area contributed by atoms with Gasteiger partial charge in [-0.25, -0.2) is 4.90 Å². The fraction of sp³-hybridized carbons (Fsp3) is 0.0526. The van der Waals surface area contributed by atoms with Gasteiger partial charge in [0.05, 0.1) is 5.69 Å². The zero-order valence-electron chi connectivity index (χ0n) is 13.0. The van der Waals surface area contributed by atoms with Crippen LogP contribution in [0.2, 0.25) is 5.02 Å². The van der Waals surface area contributed by atoms with Crippen LogP contribution in [0, 0.1) is 0 Å². The molecular formula is C19H13ClN2O2S. The van der Waals surface area contributed by atoms with Gasteiger partial charge in [-0.15, -0.1) is 0 Å². The lowest BCUT2D eigenvalue weighted by molar-refractivity contribution is -0.116. The number of thioether (sulfide) groups is 1. The maximum atomic E-state index is 12.8. The molecule has 0 aromatic heterocycles. The number of carbonyl (C=O) groups excluding carboxylic acids is 2. The van der Waals surface area contributed by atoms with Crippen molar-refractivity contribution in [3.05, 3.63) is 71.8 Å². The minimum Gasteiger partial charge on any atom is -0.365 e. The van der Waals surface area contributed by atoms with Crippen LogP contribution in [-0.4, -0.2) is 16.5 Å². The smallest absolute Gasteiger partial charge is 0.295 e. The van der Waals surface area contributed by atoms with Gasteiger partial charge in [0.25, 0.3) is 11.1 Å². The van der Waals surface area contributed by atoms with Gasteiger partial charge in [0.2, 0.25) is 0 Å². The first-order valence-electron chi connectivity index (χ1n) is 7.68. The third-order valence-corrected chi connectivity index (χ3v) is 5.19. The predicted molar refractivity (Wildman–Crippen MR) is 103 cm³/mol. The SMILES string of the molecule is O=C1SC(Nc2ccc(Cl)cc2)C(=O)N1c1cccc2ccccc12. The van der Waals surface area contributed by atoms with Gasteiger partial charge in [0.1, 0.15) is 0 Å². The van der Waals surface area contributed by atoms with Gasteiger partial charge in [-0.3, -0.25) is 9.59 Å². The van der Waals surface area contributed by atoms with Crippen LogP contribution in [0.25, 0.3) is 10.8 Å². The molecule has 0 saturated carbocycles. The summed E-state index contributed by atoms with van der Waals surface area (Å²) in [6, 6.07) is 20.3. The number of rotatable bonds is 3. The van der Waals surface area contributed by atoms with Crippen molar-refractivity contribution in [1.82, 2.24) is 0 Å². The van der Waals surface area contributed by atoms with E-state index in [1.165, 1.54) is 4.90 Å². The molecule has 1 aliphatic rings. The predicted octanol–water partition coefficient (Wildman–Crippen LogP) is 5.13. The number of fused-ring (bicyclic) bond motifs is 1. The largest absolute Gasteiger partial charge is 0.365 e. The average Bonchev–Trinajstić information content (AvgIpc) is 2.90. The molecule has 0 spiro atoms. The Morgan fingerprint density at radius 1 is 0.920 bits per heavy atom. The zero-order valence-corrected chi connectivity index (χ0v) is 14.6. The summed E-state index contributed by atoms with van der Waals surface area (Å²) in [6.07, 6.45) is 0. The second kappa shape index (κ2) is 6.43. The second-order valence-corrected chi connectivity index (χ2v) is 7.08. The molecule has 124 valence electrons. The molecule has 0 radical (unpaired) electrons. The molecular weight excluding hydrogens is 356 g/mol. The van der Waals surface area contributed by atoms with Gasteiger partial charge < -0.3 is 5.32 Å². The minimum atomic E-state index is -0.660. The van der Waals surface area contributed by atoms with Crippen LogP contribution in [0.3, 0.4) is 0 Å². The van der Waals surface area contributed by atoms with E-state index in [0.717, 1.165) is 28.2 Å². The highest BCUT2D eigenvalue weighted by molar-refractivity contribution is 8.16.